The van der Waals surface area contributed by atoms with Crippen LogP contribution in [0.5, 0.6) is 0 Å². The fourth-order valence-electron chi connectivity index (χ4n) is 2.26. The van der Waals surface area contributed by atoms with Crippen LogP contribution >= 0.6 is 12.2 Å². The third-order valence-electron chi connectivity index (χ3n) is 2.88. The number of thiocarbonyl (C=S) groups is 1. The Bertz CT molecular complexity index is 296. The van der Waals surface area contributed by atoms with E-state index >= 15 is 0 Å². The van der Waals surface area contributed by atoms with Gasteiger partial charge in [0.1, 0.15) is 0 Å². The molecule has 1 aliphatic rings. The second-order valence-corrected chi connectivity index (χ2v) is 4.82. The van der Waals surface area contributed by atoms with Crippen molar-refractivity contribution in [3.8, 4) is 0 Å². The highest BCUT2D eigenvalue weighted by atomic mass is 32.1. The highest BCUT2D eigenvalue weighted by Gasteiger charge is 2.25. The van der Waals surface area contributed by atoms with Gasteiger partial charge in [0.25, 0.3) is 0 Å². The molecule has 0 saturated carbocycles. The SMILES string of the molecule is CC1=C[C@H](C)[C@H](/C=N\NC(N)=S)[C@H](C)C1. The van der Waals surface area contributed by atoms with Crippen molar-refractivity contribution in [1.82, 2.24) is 5.43 Å². The van der Waals surface area contributed by atoms with Crippen LogP contribution in [0.4, 0.5) is 0 Å². The van der Waals surface area contributed by atoms with Gasteiger partial charge in [-0.3, -0.25) is 5.43 Å². The normalized spacial score (nSPS) is 31.4. The number of hydrogen-bond donors (Lipinski definition) is 2. The number of hydrazone groups is 1. The van der Waals surface area contributed by atoms with Crippen molar-refractivity contribution < 1.29 is 0 Å². The van der Waals surface area contributed by atoms with Crippen LogP contribution in [0, 0.1) is 17.8 Å². The third-order valence-corrected chi connectivity index (χ3v) is 2.97. The molecule has 84 valence electrons. The number of rotatable bonds is 2. The molecule has 0 spiro atoms. The van der Waals surface area contributed by atoms with Crippen LogP contribution in [0.15, 0.2) is 16.8 Å². The van der Waals surface area contributed by atoms with Crippen LogP contribution in [-0.4, -0.2) is 11.3 Å². The summed E-state index contributed by atoms with van der Waals surface area (Å²) in [5.41, 5.74) is 9.37. The molecule has 1 rings (SSSR count). The average molecular weight is 225 g/mol. The van der Waals surface area contributed by atoms with Gasteiger partial charge >= 0.3 is 0 Å². The molecular formula is C11H19N3S. The van der Waals surface area contributed by atoms with E-state index < -0.39 is 0 Å². The third kappa shape index (κ3) is 3.63. The first-order valence-electron chi connectivity index (χ1n) is 5.26. The summed E-state index contributed by atoms with van der Waals surface area (Å²) in [6.45, 7) is 6.66. The number of nitrogens with two attached hydrogens (primary N) is 1. The zero-order valence-corrected chi connectivity index (χ0v) is 10.3. The van der Waals surface area contributed by atoms with Crippen molar-refractivity contribution in [2.24, 2.45) is 28.6 Å². The Kier molecular flexibility index (Phi) is 4.27. The fourth-order valence-corrected chi connectivity index (χ4v) is 2.31. The fraction of sp³-hybridized carbons (Fsp3) is 0.636. The van der Waals surface area contributed by atoms with E-state index in [0.717, 1.165) is 6.42 Å². The zero-order valence-electron chi connectivity index (χ0n) is 9.53. The quantitative estimate of drug-likeness (QED) is 0.327. The summed E-state index contributed by atoms with van der Waals surface area (Å²) in [6.07, 6.45) is 5.39. The molecule has 1 aliphatic carbocycles. The molecule has 0 aromatic rings. The predicted molar refractivity (Wildman–Crippen MR) is 68.6 cm³/mol. The molecule has 0 heterocycles. The number of allylic oxidation sites excluding steroid dienone is 2. The molecule has 0 amide bonds. The molecule has 3 nitrogen and oxygen atoms in total. The Labute approximate surface area is 96.8 Å². The maximum atomic E-state index is 5.29. The maximum absolute atomic E-state index is 5.29. The first-order valence-corrected chi connectivity index (χ1v) is 5.67. The van der Waals surface area contributed by atoms with E-state index in [1.165, 1.54) is 5.57 Å². The Hall–Kier alpha value is -0.900. The Balaban J connectivity index is 2.61. The molecule has 0 aromatic carbocycles. The van der Waals surface area contributed by atoms with Crippen molar-refractivity contribution in [2.45, 2.75) is 27.2 Å². The lowest BCUT2D eigenvalue weighted by Crippen LogP contribution is -2.28. The van der Waals surface area contributed by atoms with Gasteiger partial charge in [-0.2, -0.15) is 5.10 Å². The highest BCUT2D eigenvalue weighted by Crippen LogP contribution is 2.31. The predicted octanol–water partition coefficient (Wildman–Crippen LogP) is 2.04. The molecule has 0 radical (unpaired) electrons. The summed E-state index contributed by atoms with van der Waals surface area (Å²) in [4.78, 5) is 0. The second kappa shape index (κ2) is 5.26. The van der Waals surface area contributed by atoms with Crippen molar-refractivity contribution >= 4 is 23.5 Å². The van der Waals surface area contributed by atoms with Crippen LogP contribution in [0.25, 0.3) is 0 Å². The highest BCUT2D eigenvalue weighted by molar-refractivity contribution is 7.80. The van der Waals surface area contributed by atoms with Crippen molar-refractivity contribution in [3.63, 3.8) is 0 Å². The van der Waals surface area contributed by atoms with Crippen LogP contribution in [0.2, 0.25) is 0 Å². The van der Waals surface area contributed by atoms with Gasteiger partial charge in [-0.05, 0) is 37.4 Å². The molecule has 15 heavy (non-hydrogen) atoms. The minimum absolute atomic E-state index is 0.217. The van der Waals surface area contributed by atoms with Crippen molar-refractivity contribution in [3.05, 3.63) is 11.6 Å². The van der Waals surface area contributed by atoms with E-state index in [1.54, 1.807) is 0 Å². The van der Waals surface area contributed by atoms with Gasteiger partial charge in [-0.15, -0.1) is 0 Å². The molecule has 0 bridgehead atoms. The minimum Gasteiger partial charge on any atom is -0.375 e. The Morgan fingerprint density at radius 2 is 2.33 bits per heavy atom. The van der Waals surface area contributed by atoms with E-state index in [4.69, 9.17) is 5.73 Å². The van der Waals surface area contributed by atoms with Gasteiger partial charge in [-0.1, -0.05) is 25.5 Å². The summed E-state index contributed by atoms with van der Waals surface area (Å²) in [5, 5.41) is 4.27. The van der Waals surface area contributed by atoms with Crippen LogP contribution in [-0.2, 0) is 0 Å². The van der Waals surface area contributed by atoms with Gasteiger partial charge in [0.05, 0.1) is 0 Å². The summed E-state index contributed by atoms with van der Waals surface area (Å²) < 4.78 is 0. The largest absolute Gasteiger partial charge is 0.375 e. The molecule has 0 aliphatic heterocycles. The average Bonchev–Trinajstić information content (AvgIpc) is 2.08. The molecule has 0 saturated heterocycles. The van der Waals surface area contributed by atoms with E-state index in [0.29, 0.717) is 17.8 Å². The van der Waals surface area contributed by atoms with Gasteiger partial charge < -0.3 is 5.73 Å². The van der Waals surface area contributed by atoms with E-state index in [2.05, 4.69) is 49.6 Å². The number of nitrogens with one attached hydrogen (secondary N) is 1. The van der Waals surface area contributed by atoms with Crippen LogP contribution < -0.4 is 11.2 Å². The van der Waals surface area contributed by atoms with Crippen LogP contribution in [0.3, 0.4) is 0 Å². The lowest BCUT2D eigenvalue weighted by molar-refractivity contribution is 0.362. The van der Waals surface area contributed by atoms with Gasteiger partial charge in [0.2, 0.25) is 0 Å². The number of nitrogens with zero attached hydrogens (tertiary/aromatic N) is 1. The van der Waals surface area contributed by atoms with Crippen molar-refractivity contribution in [2.75, 3.05) is 0 Å². The first kappa shape index (κ1) is 12.2. The van der Waals surface area contributed by atoms with E-state index in [9.17, 15) is 0 Å². The maximum Gasteiger partial charge on any atom is 0.184 e. The molecular weight excluding hydrogens is 206 g/mol. The molecule has 0 aromatic heterocycles. The Morgan fingerprint density at radius 1 is 1.67 bits per heavy atom. The topological polar surface area (TPSA) is 50.4 Å². The molecule has 3 atom stereocenters. The molecule has 4 heteroatoms. The first-order chi connectivity index (χ1) is 7.00. The summed E-state index contributed by atoms with van der Waals surface area (Å²) in [6, 6.07) is 0. The van der Waals surface area contributed by atoms with E-state index in [-0.39, 0.29) is 5.11 Å². The lowest BCUT2D eigenvalue weighted by Gasteiger charge is -2.29. The second-order valence-electron chi connectivity index (χ2n) is 4.39. The standard InChI is InChI=1S/C11H19N3S/c1-7-4-8(2)10(9(3)5-7)6-13-14-11(12)15/h4,6,8-10H,5H2,1-3H3,(H3,12,14,15)/b13-6-/t8-,9+,10-/m0/s1. The molecule has 0 unspecified atom stereocenters. The minimum atomic E-state index is 0.217. The summed E-state index contributed by atoms with van der Waals surface area (Å²) >= 11 is 4.68. The van der Waals surface area contributed by atoms with Gasteiger partial charge in [-0.25, -0.2) is 0 Å². The van der Waals surface area contributed by atoms with Gasteiger partial charge in [0, 0.05) is 12.1 Å². The number of hydrogen-bond acceptors (Lipinski definition) is 2. The lowest BCUT2D eigenvalue weighted by atomic mass is 9.76. The Morgan fingerprint density at radius 3 is 2.87 bits per heavy atom. The van der Waals surface area contributed by atoms with Crippen molar-refractivity contribution in [1.29, 1.82) is 0 Å². The molecule has 3 N–H and O–H groups in total. The summed E-state index contributed by atoms with van der Waals surface area (Å²) in [5.74, 6) is 1.63. The monoisotopic (exact) mass is 225 g/mol. The van der Waals surface area contributed by atoms with Crippen LogP contribution in [0.1, 0.15) is 27.2 Å². The smallest absolute Gasteiger partial charge is 0.184 e. The zero-order chi connectivity index (χ0) is 11.4. The van der Waals surface area contributed by atoms with Gasteiger partial charge in [0.15, 0.2) is 5.11 Å². The van der Waals surface area contributed by atoms with E-state index in [1.807, 2.05) is 6.21 Å². The summed E-state index contributed by atoms with van der Waals surface area (Å²) in [7, 11) is 0. The molecule has 0 fully saturated rings.